The van der Waals surface area contributed by atoms with Crippen molar-refractivity contribution in [1.82, 2.24) is 5.32 Å². The van der Waals surface area contributed by atoms with Crippen molar-refractivity contribution in [2.75, 3.05) is 13.2 Å². The molecule has 0 heterocycles. The highest BCUT2D eigenvalue weighted by atomic mass is 16.5. The Labute approximate surface area is 90.4 Å². The van der Waals surface area contributed by atoms with Crippen molar-refractivity contribution in [3.05, 3.63) is 29.3 Å². The summed E-state index contributed by atoms with van der Waals surface area (Å²) in [5.41, 5.74) is 2.37. The van der Waals surface area contributed by atoms with E-state index < -0.39 is 0 Å². The molecule has 0 fully saturated rings. The van der Waals surface area contributed by atoms with E-state index >= 15 is 0 Å². The van der Waals surface area contributed by atoms with E-state index in [1.807, 2.05) is 19.1 Å². The summed E-state index contributed by atoms with van der Waals surface area (Å²) in [6, 6.07) is 5.96. The van der Waals surface area contributed by atoms with Gasteiger partial charge in [0.05, 0.1) is 6.54 Å². The maximum atomic E-state index is 10.6. The number of carbonyl (C=O) groups is 1. The second-order valence-electron chi connectivity index (χ2n) is 3.53. The van der Waals surface area contributed by atoms with E-state index in [9.17, 15) is 4.79 Å². The van der Waals surface area contributed by atoms with Crippen molar-refractivity contribution in [3.63, 3.8) is 0 Å². The summed E-state index contributed by atoms with van der Waals surface area (Å²) in [5, 5.41) is 2.69. The number of aryl methyl sites for hydroxylation is 1. The van der Waals surface area contributed by atoms with Gasteiger partial charge in [-0.25, -0.2) is 0 Å². The predicted octanol–water partition coefficient (Wildman–Crippen LogP) is 1.82. The molecule has 1 N–H and O–H groups in total. The van der Waals surface area contributed by atoms with E-state index in [0.717, 1.165) is 11.3 Å². The van der Waals surface area contributed by atoms with Gasteiger partial charge in [-0.15, -0.1) is 0 Å². The van der Waals surface area contributed by atoms with E-state index in [4.69, 9.17) is 4.74 Å². The van der Waals surface area contributed by atoms with Gasteiger partial charge in [-0.05, 0) is 31.0 Å². The van der Waals surface area contributed by atoms with Crippen molar-refractivity contribution in [3.8, 4) is 5.75 Å². The summed E-state index contributed by atoms with van der Waals surface area (Å²) < 4.78 is 5.55. The lowest BCUT2D eigenvalue weighted by Crippen LogP contribution is -2.25. The van der Waals surface area contributed by atoms with Gasteiger partial charge in [0.15, 0.2) is 0 Å². The molecule has 0 aliphatic rings. The predicted molar refractivity (Wildman–Crippen MR) is 60.1 cm³/mol. The molecule has 1 amide bonds. The van der Waals surface area contributed by atoms with Crippen LogP contribution in [-0.4, -0.2) is 19.1 Å². The summed E-state index contributed by atoms with van der Waals surface area (Å²) in [6.45, 7) is 6.63. The van der Waals surface area contributed by atoms with Crippen LogP contribution in [0.4, 0.5) is 0 Å². The van der Waals surface area contributed by atoms with Crippen LogP contribution in [0, 0.1) is 13.8 Å². The van der Waals surface area contributed by atoms with Gasteiger partial charge in [0.1, 0.15) is 12.4 Å². The lowest BCUT2D eigenvalue weighted by molar-refractivity contribution is -0.119. The van der Waals surface area contributed by atoms with Crippen molar-refractivity contribution < 1.29 is 9.53 Å². The highest BCUT2D eigenvalue weighted by molar-refractivity contribution is 5.72. The minimum Gasteiger partial charge on any atom is -0.491 e. The van der Waals surface area contributed by atoms with Crippen molar-refractivity contribution in [1.29, 1.82) is 0 Å². The lowest BCUT2D eigenvalue weighted by Gasteiger charge is -2.10. The first-order valence-corrected chi connectivity index (χ1v) is 5.04. The van der Waals surface area contributed by atoms with E-state index in [2.05, 4.69) is 18.3 Å². The molecule has 3 heteroatoms. The molecule has 0 aliphatic heterocycles. The zero-order valence-corrected chi connectivity index (χ0v) is 9.46. The molecule has 0 aliphatic carbocycles. The Hall–Kier alpha value is -1.51. The van der Waals surface area contributed by atoms with Crippen molar-refractivity contribution in [2.45, 2.75) is 20.8 Å². The molecule has 0 unspecified atom stereocenters. The maximum Gasteiger partial charge on any atom is 0.216 e. The summed E-state index contributed by atoms with van der Waals surface area (Å²) in [5.74, 6) is 0.861. The summed E-state index contributed by atoms with van der Waals surface area (Å²) in [4.78, 5) is 10.6. The zero-order valence-electron chi connectivity index (χ0n) is 9.46. The minimum atomic E-state index is -0.0282. The van der Waals surface area contributed by atoms with Gasteiger partial charge in [-0.2, -0.15) is 0 Å². The van der Waals surface area contributed by atoms with Crippen LogP contribution in [-0.2, 0) is 4.79 Å². The molecule has 1 aromatic carbocycles. The first-order chi connectivity index (χ1) is 7.11. The van der Waals surface area contributed by atoms with Crippen LogP contribution in [0.2, 0.25) is 0 Å². The average Bonchev–Trinajstić information content (AvgIpc) is 2.18. The molecule has 0 atom stereocenters. The van der Waals surface area contributed by atoms with Crippen LogP contribution in [0.25, 0.3) is 0 Å². The fraction of sp³-hybridized carbons (Fsp3) is 0.417. The molecular formula is C12H17NO2. The highest BCUT2D eigenvalue weighted by Crippen LogP contribution is 2.20. The third kappa shape index (κ3) is 3.62. The fourth-order valence-electron chi connectivity index (χ4n) is 1.27. The van der Waals surface area contributed by atoms with E-state index in [1.54, 1.807) is 0 Å². The number of nitrogens with one attached hydrogen (secondary N) is 1. The first kappa shape index (κ1) is 11.6. The molecule has 1 rings (SSSR count). The van der Waals surface area contributed by atoms with Crippen LogP contribution in [0.3, 0.4) is 0 Å². The smallest absolute Gasteiger partial charge is 0.216 e. The van der Waals surface area contributed by atoms with Gasteiger partial charge in [0, 0.05) is 6.92 Å². The third-order valence-electron chi connectivity index (χ3n) is 2.29. The normalized spacial score (nSPS) is 9.80. The Balaban J connectivity index is 2.44. The van der Waals surface area contributed by atoms with Gasteiger partial charge in [-0.1, -0.05) is 12.1 Å². The Bertz CT molecular complexity index is 347. The Kier molecular flexibility index (Phi) is 4.16. The second kappa shape index (κ2) is 5.39. The zero-order chi connectivity index (χ0) is 11.3. The van der Waals surface area contributed by atoms with Crippen LogP contribution < -0.4 is 10.1 Å². The van der Waals surface area contributed by atoms with Gasteiger partial charge in [0.2, 0.25) is 5.91 Å². The van der Waals surface area contributed by atoms with Crippen LogP contribution in [0.5, 0.6) is 5.75 Å². The number of benzene rings is 1. The largest absolute Gasteiger partial charge is 0.491 e. The number of rotatable bonds is 4. The van der Waals surface area contributed by atoms with Gasteiger partial charge in [-0.3, -0.25) is 4.79 Å². The minimum absolute atomic E-state index is 0.0282. The fourth-order valence-corrected chi connectivity index (χ4v) is 1.27. The maximum absolute atomic E-state index is 10.6. The highest BCUT2D eigenvalue weighted by Gasteiger charge is 2.00. The first-order valence-electron chi connectivity index (χ1n) is 5.04. The van der Waals surface area contributed by atoms with Crippen LogP contribution >= 0.6 is 0 Å². The van der Waals surface area contributed by atoms with E-state index in [-0.39, 0.29) is 5.91 Å². The molecule has 1 aromatic rings. The van der Waals surface area contributed by atoms with Crippen LogP contribution in [0.15, 0.2) is 18.2 Å². The third-order valence-corrected chi connectivity index (χ3v) is 2.29. The summed E-state index contributed by atoms with van der Waals surface area (Å²) in [6.07, 6.45) is 0. The topological polar surface area (TPSA) is 38.3 Å². The Morgan fingerprint density at radius 2 is 2.13 bits per heavy atom. The number of ether oxygens (including phenoxy) is 1. The molecule has 0 saturated carbocycles. The Morgan fingerprint density at radius 3 is 2.80 bits per heavy atom. The molecule has 0 spiro atoms. The van der Waals surface area contributed by atoms with E-state index in [1.165, 1.54) is 12.5 Å². The van der Waals surface area contributed by atoms with Crippen LogP contribution in [0.1, 0.15) is 18.1 Å². The second-order valence-corrected chi connectivity index (χ2v) is 3.53. The Morgan fingerprint density at radius 1 is 1.40 bits per heavy atom. The van der Waals surface area contributed by atoms with E-state index in [0.29, 0.717) is 13.2 Å². The molecule has 0 bridgehead atoms. The number of hydrogen-bond donors (Lipinski definition) is 1. The molecule has 82 valence electrons. The molecule has 0 saturated heterocycles. The summed E-state index contributed by atoms with van der Waals surface area (Å²) in [7, 11) is 0. The molecular weight excluding hydrogens is 190 g/mol. The van der Waals surface area contributed by atoms with Gasteiger partial charge < -0.3 is 10.1 Å². The standard InChI is InChI=1S/C12H17NO2/c1-9-5-4-6-12(10(9)2)15-8-7-13-11(3)14/h4-6H,7-8H2,1-3H3,(H,13,14). The van der Waals surface area contributed by atoms with Gasteiger partial charge >= 0.3 is 0 Å². The number of carbonyl (C=O) groups excluding carboxylic acids is 1. The molecule has 15 heavy (non-hydrogen) atoms. The van der Waals surface area contributed by atoms with Gasteiger partial charge in [0.25, 0.3) is 0 Å². The SMILES string of the molecule is CC(=O)NCCOc1cccc(C)c1C. The number of hydrogen-bond acceptors (Lipinski definition) is 2. The molecule has 0 radical (unpaired) electrons. The summed E-state index contributed by atoms with van der Waals surface area (Å²) >= 11 is 0. The molecule has 0 aromatic heterocycles. The van der Waals surface area contributed by atoms with Crippen molar-refractivity contribution in [2.24, 2.45) is 0 Å². The van der Waals surface area contributed by atoms with Crippen molar-refractivity contribution >= 4 is 5.91 Å². The lowest BCUT2D eigenvalue weighted by atomic mass is 10.1. The average molecular weight is 207 g/mol. The number of amides is 1. The quantitative estimate of drug-likeness (QED) is 0.765. The monoisotopic (exact) mass is 207 g/mol. The molecule has 3 nitrogen and oxygen atoms in total.